The maximum Gasteiger partial charge on any atom is 0.192 e. The van der Waals surface area contributed by atoms with Crippen LogP contribution >= 0.6 is 0 Å². The van der Waals surface area contributed by atoms with E-state index in [9.17, 15) is 0 Å². The summed E-state index contributed by atoms with van der Waals surface area (Å²) in [5.74, 6) is -1.24. The van der Waals surface area contributed by atoms with Gasteiger partial charge < -0.3 is 28.1 Å². The minimum absolute atomic E-state index is 0.168. The molecule has 146 valence electrons. The van der Waals surface area contributed by atoms with Gasteiger partial charge in [-0.25, -0.2) is 0 Å². The number of ether oxygens (including phenoxy) is 5. The summed E-state index contributed by atoms with van der Waals surface area (Å²) in [6, 6.07) is 3.25. The maximum atomic E-state index is 6.82. The van der Waals surface area contributed by atoms with Crippen molar-refractivity contribution >= 4 is 8.32 Å². The Morgan fingerprint density at radius 3 is 2.04 bits per heavy atom. The van der Waals surface area contributed by atoms with Gasteiger partial charge in [-0.1, -0.05) is 20.8 Å². The Morgan fingerprint density at radius 2 is 1.52 bits per heavy atom. The van der Waals surface area contributed by atoms with E-state index < -0.39 is 26.2 Å². The molecule has 3 aliphatic rings. The topological polar surface area (TPSA) is 55.4 Å². The van der Waals surface area contributed by atoms with E-state index in [4.69, 9.17) is 28.1 Å². The first kappa shape index (κ1) is 19.7. The molecule has 0 radical (unpaired) electrons. The predicted molar refractivity (Wildman–Crippen MR) is 95.7 cm³/mol. The first-order chi connectivity index (χ1) is 11.6. The van der Waals surface area contributed by atoms with Crippen LogP contribution in [0.2, 0.25) is 18.1 Å². The SMILES string of the molecule is CC[Si](CC)(CC)OC1C(C2COC(C)(C)O2)OC2OC(C)(C)OC21. The fourth-order valence-corrected chi connectivity index (χ4v) is 6.95. The lowest BCUT2D eigenvalue weighted by Crippen LogP contribution is -2.51. The van der Waals surface area contributed by atoms with E-state index >= 15 is 0 Å². The first-order valence-corrected chi connectivity index (χ1v) is 12.2. The predicted octanol–water partition coefficient (Wildman–Crippen LogP) is 3.40. The molecule has 25 heavy (non-hydrogen) atoms. The third kappa shape index (κ3) is 3.83. The van der Waals surface area contributed by atoms with Crippen molar-refractivity contribution in [1.82, 2.24) is 0 Å². The Hall–Kier alpha value is -0.0231. The number of rotatable bonds is 6. The fraction of sp³-hybridized carbons (Fsp3) is 1.00. The molecule has 0 amide bonds. The molecule has 5 atom stereocenters. The van der Waals surface area contributed by atoms with Crippen molar-refractivity contribution in [2.24, 2.45) is 0 Å². The van der Waals surface area contributed by atoms with E-state index in [1.165, 1.54) is 0 Å². The molecule has 0 aromatic heterocycles. The van der Waals surface area contributed by atoms with E-state index in [0.717, 1.165) is 18.1 Å². The van der Waals surface area contributed by atoms with Gasteiger partial charge in [0.1, 0.15) is 24.4 Å². The van der Waals surface area contributed by atoms with Crippen molar-refractivity contribution in [1.29, 1.82) is 0 Å². The normalized spacial score (nSPS) is 39.7. The molecule has 3 aliphatic heterocycles. The van der Waals surface area contributed by atoms with Crippen molar-refractivity contribution in [2.75, 3.05) is 6.61 Å². The minimum atomic E-state index is -1.83. The van der Waals surface area contributed by atoms with Crippen molar-refractivity contribution in [3.8, 4) is 0 Å². The molecular formula is C18H34O6Si. The van der Waals surface area contributed by atoms with E-state index in [1.807, 2.05) is 27.7 Å². The molecule has 7 heteroatoms. The van der Waals surface area contributed by atoms with Crippen LogP contribution in [0.1, 0.15) is 48.5 Å². The van der Waals surface area contributed by atoms with Crippen LogP contribution in [0.25, 0.3) is 0 Å². The van der Waals surface area contributed by atoms with Crippen LogP contribution in [0, 0.1) is 0 Å². The van der Waals surface area contributed by atoms with Crippen molar-refractivity contribution in [3.63, 3.8) is 0 Å². The molecule has 5 unspecified atom stereocenters. The molecule has 3 rings (SSSR count). The average molecular weight is 375 g/mol. The Bertz CT molecular complexity index is 470. The van der Waals surface area contributed by atoms with Crippen LogP contribution in [0.4, 0.5) is 0 Å². The van der Waals surface area contributed by atoms with Gasteiger partial charge in [0.05, 0.1) is 6.61 Å². The number of hydrogen-bond donors (Lipinski definition) is 0. The smallest absolute Gasteiger partial charge is 0.192 e. The average Bonchev–Trinajstić information content (AvgIpc) is 3.15. The van der Waals surface area contributed by atoms with Crippen LogP contribution in [0.15, 0.2) is 0 Å². The Balaban J connectivity index is 1.82. The molecule has 6 nitrogen and oxygen atoms in total. The van der Waals surface area contributed by atoms with Gasteiger partial charge in [0.25, 0.3) is 0 Å². The van der Waals surface area contributed by atoms with E-state index in [1.54, 1.807) is 0 Å². The highest BCUT2D eigenvalue weighted by atomic mass is 28.4. The molecule has 3 saturated heterocycles. The minimum Gasteiger partial charge on any atom is -0.408 e. The summed E-state index contributed by atoms with van der Waals surface area (Å²) in [5.41, 5.74) is 0. The Kier molecular flexibility index (Phi) is 5.41. The fourth-order valence-electron chi connectivity index (χ4n) is 4.10. The molecule has 0 saturated carbocycles. The summed E-state index contributed by atoms with van der Waals surface area (Å²) in [4.78, 5) is 0. The van der Waals surface area contributed by atoms with Crippen LogP contribution in [-0.4, -0.2) is 57.2 Å². The van der Waals surface area contributed by atoms with Crippen LogP contribution in [-0.2, 0) is 28.1 Å². The van der Waals surface area contributed by atoms with Crippen molar-refractivity contribution < 1.29 is 28.1 Å². The molecule has 0 aliphatic carbocycles. The second-order valence-electron chi connectivity index (χ2n) is 8.26. The summed E-state index contributed by atoms with van der Waals surface area (Å²) >= 11 is 0. The molecule has 0 N–H and O–H groups in total. The van der Waals surface area contributed by atoms with E-state index in [0.29, 0.717) is 6.61 Å². The quantitative estimate of drug-likeness (QED) is 0.664. The largest absolute Gasteiger partial charge is 0.408 e. The maximum absolute atomic E-state index is 6.82. The van der Waals surface area contributed by atoms with Crippen LogP contribution < -0.4 is 0 Å². The van der Waals surface area contributed by atoms with Gasteiger partial charge in [-0.15, -0.1) is 0 Å². The summed E-state index contributed by atoms with van der Waals surface area (Å²) in [7, 11) is -1.83. The van der Waals surface area contributed by atoms with Crippen molar-refractivity contribution in [3.05, 3.63) is 0 Å². The molecule has 0 aromatic carbocycles. The van der Waals surface area contributed by atoms with Gasteiger partial charge in [0.15, 0.2) is 26.2 Å². The first-order valence-electron chi connectivity index (χ1n) is 9.65. The molecular weight excluding hydrogens is 340 g/mol. The van der Waals surface area contributed by atoms with Gasteiger partial charge in [-0.2, -0.15) is 0 Å². The highest BCUT2D eigenvalue weighted by Gasteiger charge is 2.60. The lowest BCUT2D eigenvalue weighted by molar-refractivity contribution is -0.231. The Labute approximate surface area is 152 Å². The van der Waals surface area contributed by atoms with Crippen LogP contribution in [0.5, 0.6) is 0 Å². The van der Waals surface area contributed by atoms with Crippen molar-refractivity contribution in [2.45, 2.75) is 109 Å². The molecule has 0 aromatic rings. The van der Waals surface area contributed by atoms with E-state index in [-0.39, 0.29) is 24.4 Å². The Morgan fingerprint density at radius 1 is 0.880 bits per heavy atom. The van der Waals surface area contributed by atoms with Gasteiger partial charge in [0.2, 0.25) is 0 Å². The van der Waals surface area contributed by atoms with Gasteiger partial charge >= 0.3 is 0 Å². The van der Waals surface area contributed by atoms with Gasteiger partial charge in [0, 0.05) is 0 Å². The number of fused-ring (bicyclic) bond motifs is 1. The van der Waals surface area contributed by atoms with Gasteiger partial charge in [-0.05, 0) is 45.8 Å². The second-order valence-corrected chi connectivity index (χ2v) is 13.0. The molecule has 0 bridgehead atoms. The highest BCUT2D eigenvalue weighted by molar-refractivity contribution is 6.73. The third-order valence-electron chi connectivity index (χ3n) is 5.74. The number of hydrogen-bond acceptors (Lipinski definition) is 6. The zero-order valence-electron chi connectivity index (χ0n) is 16.7. The summed E-state index contributed by atoms with van der Waals surface area (Å²) < 4.78 is 37.0. The zero-order valence-corrected chi connectivity index (χ0v) is 17.7. The molecule has 3 fully saturated rings. The lowest BCUT2D eigenvalue weighted by Gasteiger charge is -2.36. The molecule has 3 heterocycles. The standard InChI is InChI=1S/C18H34O6Si/c1-8-25(9-2,10-3)24-14-13(12-11-19-17(4,5)21-12)20-16-15(14)22-18(6,7)23-16/h12-16H,8-11H2,1-7H3. The van der Waals surface area contributed by atoms with Crippen LogP contribution in [0.3, 0.4) is 0 Å². The zero-order chi connectivity index (χ0) is 18.5. The second kappa shape index (κ2) is 6.85. The highest BCUT2D eigenvalue weighted by Crippen LogP contribution is 2.43. The lowest BCUT2D eigenvalue weighted by atomic mass is 10.1. The summed E-state index contributed by atoms with van der Waals surface area (Å²) in [5, 5.41) is 0. The monoisotopic (exact) mass is 374 g/mol. The summed E-state index contributed by atoms with van der Waals surface area (Å²) in [6.07, 6.45) is -1.21. The third-order valence-corrected chi connectivity index (χ3v) is 10.4. The van der Waals surface area contributed by atoms with E-state index in [2.05, 4.69) is 20.8 Å². The summed E-state index contributed by atoms with van der Waals surface area (Å²) in [6.45, 7) is 14.9. The van der Waals surface area contributed by atoms with Gasteiger partial charge in [-0.3, -0.25) is 0 Å². The molecule has 0 spiro atoms.